The molecule has 0 fully saturated rings. The second-order valence-electron chi connectivity index (χ2n) is 8.00. The summed E-state index contributed by atoms with van der Waals surface area (Å²) in [6.07, 6.45) is 5.23. The molecule has 0 atom stereocenters. The van der Waals surface area contributed by atoms with Crippen LogP contribution in [0.15, 0.2) is 71.8 Å². The first-order valence-electron chi connectivity index (χ1n) is 11.1. The van der Waals surface area contributed by atoms with Gasteiger partial charge in [0.15, 0.2) is 0 Å². The number of aromatic amines is 1. The molecule has 2 aromatic carbocycles. The molecule has 1 N–H and O–H groups in total. The van der Waals surface area contributed by atoms with Gasteiger partial charge in [-0.1, -0.05) is 72.9 Å². The number of halogens is 2. The Balaban J connectivity index is 1.49. The lowest BCUT2D eigenvalue weighted by molar-refractivity contribution is 0.679. The van der Waals surface area contributed by atoms with Crippen LogP contribution in [0, 0.1) is 0 Å². The highest BCUT2D eigenvalue weighted by molar-refractivity contribution is 6.37. The highest BCUT2D eigenvalue weighted by Crippen LogP contribution is 2.30. The van der Waals surface area contributed by atoms with Crippen LogP contribution in [0.25, 0.3) is 28.2 Å². The number of aryl methyl sites for hydroxylation is 1. The third kappa shape index (κ3) is 4.50. The van der Waals surface area contributed by atoms with Crippen molar-refractivity contribution >= 4 is 23.2 Å². The van der Waals surface area contributed by atoms with Gasteiger partial charge in [0.1, 0.15) is 0 Å². The summed E-state index contributed by atoms with van der Waals surface area (Å²) in [5.41, 5.74) is 4.63. The van der Waals surface area contributed by atoms with E-state index >= 15 is 0 Å². The van der Waals surface area contributed by atoms with E-state index in [2.05, 4.69) is 32.5 Å². The minimum Gasteiger partial charge on any atom is -0.290 e. The molecule has 0 aliphatic rings. The van der Waals surface area contributed by atoms with E-state index in [1.807, 2.05) is 42.6 Å². The van der Waals surface area contributed by atoms with E-state index < -0.39 is 0 Å². The van der Waals surface area contributed by atoms with Crippen molar-refractivity contribution < 1.29 is 0 Å². The molecule has 10 heteroatoms. The minimum absolute atomic E-state index is 0.211. The lowest BCUT2D eigenvalue weighted by Gasteiger charge is -2.09. The zero-order chi connectivity index (χ0) is 24.4. The Morgan fingerprint density at radius 1 is 0.971 bits per heavy atom. The van der Waals surface area contributed by atoms with E-state index in [0.717, 1.165) is 40.9 Å². The van der Waals surface area contributed by atoms with E-state index in [9.17, 15) is 4.79 Å². The zero-order valence-corrected chi connectivity index (χ0v) is 20.3. The van der Waals surface area contributed by atoms with Crippen molar-refractivity contribution in [3.63, 3.8) is 0 Å². The fourth-order valence-corrected chi connectivity index (χ4v) is 4.66. The van der Waals surface area contributed by atoms with Gasteiger partial charge in [-0.15, -0.1) is 10.2 Å². The molecule has 0 aliphatic carbocycles. The molecule has 0 spiro atoms. The third-order valence-electron chi connectivity index (χ3n) is 5.72. The minimum atomic E-state index is -0.211. The molecule has 8 nitrogen and oxygen atoms in total. The van der Waals surface area contributed by atoms with Crippen molar-refractivity contribution in [3.05, 3.63) is 98.9 Å². The Kier molecular flexibility index (Phi) is 6.48. The number of hydrogen-bond donors (Lipinski definition) is 1. The first-order chi connectivity index (χ1) is 17.1. The van der Waals surface area contributed by atoms with E-state index in [1.165, 1.54) is 4.57 Å². The molecule has 0 saturated heterocycles. The summed E-state index contributed by atoms with van der Waals surface area (Å²) in [6.45, 7) is 2.40. The largest absolute Gasteiger partial charge is 0.333 e. The van der Waals surface area contributed by atoms with E-state index in [1.54, 1.807) is 29.0 Å². The predicted molar refractivity (Wildman–Crippen MR) is 136 cm³/mol. The number of para-hydroxylation sites is 1. The molecule has 0 aliphatic heterocycles. The second-order valence-corrected chi connectivity index (χ2v) is 8.81. The van der Waals surface area contributed by atoms with Gasteiger partial charge in [-0.3, -0.25) is 14.1 Å². The maximum atomic E-state index is 13.4. The van der Waals surface area contributed by atoms with Gasteiger partial charge >= 0.3 is 5.69 Å². The molecule has 0 saturated carbocycles. The Labute approximate surface area is 211 Å². The fourth-order valence-electron chi connectivity index (χ4n) is 4.08. The molecular weight excluding hydrogens is 485 g/mol. The number of H-pyrrole nitrogens is 1. The summed E-state index contributed by atoms with van der Waals surface area (Å²) in [5, 5.41) is 15.2. The molecular formula is C25H21Cl2N7O. The van der Waals surface area contributed by atoms with Gasteiger partial charge < -0.3 is 0 Å². The van der Waals surface area contributed by atoms with Gasteiger partial charge in [-0.25, -0.2) is 4.79 Å². The Hall–Kier alpha value is -3.75. The van der Waals surface area contributed by atoms with Crippen LogP contribution in [-0.4, -0.2) is 34.7 Å². The SMILES string of the molecule is CCCc1cn(-c2c(Cl)cccc2Cl)c(=O)n1Cc1ccc(-c2ccccc2-c2nn[nH]n2)cn1. The van der Waals surface area contributed by atoms with Crippen LogP contribution in [0.1, 0.15) is 24.7 Å². The number of nitrogens with zero attached hydrogens (tertiary/aromatic N) is 6. The third-order valence-corrected chi connectivity index (χ3v) is 6.33. The number of benzene rings is 2. The van der Waals surface area contributed by atoms with Crippen LogP contribution in [0.4, 0.5) is 0 Å². The Bertz CT molecular complexity index is 1500. The molecule has 3 heterocycles. The highest BCUT2D eigenvalue weighted by atomic mass is 35.5. The Morgan fingerprint density at radius 2 is 1.74 bits per heavy atom. The molecule has 0 amide bonds. The van der Waals surface area contributed by atoms with Gasteiger partial charge in [0.25, 0.3) is 0 Å². The molecule has 0 unspecified atom stereocenters. The monoisotopic (exact) mass is 505 g/mol. The van der Waals surface area contributed by atoms with Crippen molar-refractivity contribution in [2.24, 2.45) is 0 Å². The molecule has 176 valence electrons. The molecule has 5 rings (SSSR count). The fraction of sp³-hybridized carbons (Fsp3) is 0.160. The highest BCUT2D eigenvalue weighted by Gasteiger charge is 2.17. The summed E-state index contributed by atoms with van der Waals surface area (Å²) in [4.78, 5) is 18.0. The van der Waals surface area contributed by atoms with Crippen LogP contribution >= 0.6 is 23.2 Å². The van der Waals surface area contributed by atoms with Gasteiger partial charge in [0.2, 0.25) is 5.82 Å². The standard InChI is InChI=1S/C25H21Cl2N7O/c1-2-6-18-15-34(23-21(26)9-5-10-22(23)27)25(35)33(18)14-17-12-11-16(13-28-17)19-7-3-4-8-20(19)24-29-31-32-30-24/h3-5,7-13,15H,2,6,14H2,1H3,(H,29,30,31,32). The predicted octanol–water partition coefficient (Wildman–Crippen LogP) is 5.19. The summed E-state index contributed by atoms with van der Waals surface area (Å²) in [6, 6.07) is 16.9. The topological polar surface area (TPSA) is 94.3 Å². The molecule has 0 radical (unpaired) electrons. The average molecular weight is 506 g/mol. The van der Waals surface area contributed by atoms with Crippen LogP contribution in [0.3, 0.4) is 0 Å². The van der Waals surface area contributed by atoms with Gasteiger partial charge in [-0.05, 0) is 35.4 Å². The summed E-state index contributed by atoms with van der Waals surface area (Å²) >= 11 is 12.8. The maximum absolute atomic E-state index is 13.4. The first-order valence-corrected chi connectivity index (χ1v) is 11.9. The van der Waals surface area contributed by atoms with Crippen molar-refractivity contribution in [1.29, 1.82) is 0 Å². The summed E-state index contributed by atoms with van der Waals surface area (Å²) in [7, 11) is 0. The van der Waals surface area contributed by atoms with Crippen molar-refractivity contribution in [2.45, 2.75) is 26.3 Å². The zero-order valence-electron chi connectivity index (χ0n) is 18.8. The van der Waals surface area contributed by atoms with Crippen LogP contribution in [0.2, 0.25) is 10.0 Å². The number of imidazole rings is 1. The number of nitrogens with one attached hydrogen (secondary N) is 1. The molecule has 35 heavy (non-hydrogen) atoms. The lowest BCUT2D eigenvalue weighted by Crippen LogP contribution is -2.25. The van der Waals surface area contributed by atoms with Gasteiger partial charge in [0, 0.05) is 29.2 Å². The molecule has 5 aromatic rings. The molecule has 3 aromatic heterocycles. The number of tetrazole rings is 1. The van der Waals surface area contributed by atoms with Gasteiger partial charge in [-0.2, -0.15) is 5.21 Å². The van der Waals surface area contributed by atoms with E-state index in [0.29, 0.717) is 28.1 Å². The number of aromatic nitrogens is 7. The van der Waals surface area contributed by atoms with Crippen LogP contribution in [-0.2, 0) is 13.0 Å². The van der Waals surface area contributed by atoms with E-state index in [-0.39, 0.29) is 5.69 Å². The number of hydrogen-bond acceptors (Lipinski definition) is 5. The van der Waals surface area contributed by atoms with Crippen LogP contribution in [0.5, 0.6) is 0 Å². The molecule has 0 bridgehead atoms. The van der Waals surface area contributed by atoms with Gasteiger partial charge in [0.05, 0.1) is 28.0 Å². The second kappa shape index (κ2) is 9.85. The lowest BCUT2D eigenvalue weighted by atomic mass is 10.0. The summed E-state index contributed by atoms with van der Waals surface area (Å²) in [5.74, 6) is 0.514. The van der Waals surface area contributed by atoms with Crippen molar-refractivity contribution in [3.8, 4) is 28.2 Å². The van der Waals surface area contributed by atoms with Crippen molar-refractivity contribution in [1.82, 2.24) is 34.7 Å². The van der Waals surface area contributed by atoms with Crippen molar-refractivity contribution in [2.75, 3.05) is 0 Å². The van der Waals surface area contributed by atoms with E-state index in [4.69, 9.17) is 23.2 Å². The smallest absolute Gasteiger partial charge is 0.290 e. The average Bonchev–Trinajstić information content (AvgIpc) is 3.50. The maximum Gasteiger partial charge on any atom is 0.333 e. The quantitative estimate of drug-likeness (QED) is 0.328. The van der Waals surface area contributed by atoms with Crippen LogP contribution < -0.4 is 5.69 Å². The number of rotatable bonds is 7. The Morgan fingerprint density at radius 3 is 2.40 bits per heavy atom. The summed E-state index contributed by atoms with van der Waals surface area (Å²) < 4.78 is 3.24. The number of pyridine rings is 1. The first kappa shape index (κ1) is 23.0. The normalized spacial score (nSPS) is 11.2.